The molecule has 2 nitrogen and oxygen atoms in total. The molecule has 0 saturated carbocycles. The number of thioether (sulfide) groups is 1. The Bertz CT molecular complexity index is 514. The molecule has 0 aliphatic rings. The van der Waals surface area contributed by atoms with Crippen molar-refractivity contribution < 1.29 is 0 Å². The summed E-state index contributed by atoms with van der Waals surface area (Å²) >= 11 is 11.9. The summed E-state index contributed by atoms with van der Waals surface area (Å²) in [6.07, 6.45) is 0. The zero-order valence-corrected chi connectivity index (χ0v) is 14.1. The van der Waals surface area contributed by atoms with Crippen LogP contribution in [0, 0.1) is 0 Å². The van der Waals surface area contributed by atoms with Gasteiger partial charge in [-0.15, -0.1) is 11.8 Å². The molecule has 2 aromatic rings. The summed E-state index contributed by atoms with van der Waals surface area (Å²) in [4.78, 5) is 9.82. The highest BCUT2D eigenvalue weighted by atomic mass is 79.9. The second-order valence-corrected chi connectivity index (χ2v) is 6.65. The predicted octanol–water partition coefficient (Wildman–Crippen LogP) is 5.06. The molecule has 0 fully saturated rings. The van der Waals surface area contributed by atoms with Crippen LogP contribution in [0.5, 0.6) is 0 Å². The van der Waals surface area contributed by atoms with Crippen molar-refractivity contribution in [1.82, 2.24) is 9.97 Å². The van der Waals surface area contributed by atoms with Crippen LogP contribution < -0.4 is 0 Å². The van der Waals surface area contributed by atoms with Gasteiger partial charge in [-0.25, -0.2) is 9.97 Å². The normalized spacial score (nSPS) is 10.5. The summed E-state index contributed by atoms with van der Waals surface area (Å²) in [6.45, 7) is 0. The average Bonchev–Trinajstić information content (AvgIpc) is 2.27. The second kappa shape index (κ2) is 6.31. The molecule has 17 heavy (non-hydrogen) atoms. The Morgan fingerprint density at radius 3 is 2.29 bits per heavy atom. The lowest BCUT2D eigenvalue weighted by molar-refractivity contribution is 0.996. The van der Waals surface area contributed by atoms with E-state index in [4.69, 9.17) is 0 Å². The minimum absolute atomic E-state index is 0.737. The number of halogens is 3. The average molecular weight is 439 g/mol. The van der Waals surface area contributed by atoms with E-state index in [1.54, 1.807) is 11.8 Å². The van der Waals surface area contributed by atoms with E-state index in [0.717, 1.165) is 25.3 Å². The summed E-state index contributed by atoms with van der Waals surface area (Å²) in [5.74, 6) is 1.53. The van der Waals surface area contributed by atoms with Crippen LogP contribution in [0.4, 0.5) is 0 Å². The first-order valence-electron chi connectivity index (χ1n) is 4.71. The number of aromatic nitrogens is 2. The Morgan fingerprint density at radius 2 is 1.65 bits per heavy atom. The minimum atomic E-state index is 0.737. The first-order chi connectivity index (χ1) is 8.15. The first-order valence-corrected chi connectivity index (χ1v) is 8.08. The monoisotopic (exact) mass is 436 g/mol. The molecule has 0 bridgehead atoms. The highest BCUT2D eigenvalue weighted by molar-refractivity contribution is 9.11. The zero-order chi connectivity index (χ0) is 12.3. The van der Waals surface area contributed by atoms with Gasteiger partial charge in [0.15, 0.2) is 0 Å². The molecule has 0 aliphatic heterocycles. The molecular weight excluding hydrogens is 432 g/mol. The maximum atomic E-state index is 4.32. The van der Waals surface area contributed by atoms with Crippen molar-refractivity contribution in [1.29, 1.82) is 0 Å². The fraction of sp³-hybridized carbons (Fsp3) is 0.0909. The van der Waals surface area contributed by atoms with Crippen LogP contribution in [0.3, 0.4) is 0 Å². The van der Waals surface area contributed by atoms with Crippen molar-refractivity contribution in [2.45, 2.75) is 10.6 Å². The van der Waals surface area contributed by atoms with Gasteiger partial charge in [0.1, 0.15) is 15.0 Å². The van der Waals surface area contributed by atoms with Crippen LogP contribution in [0.25, 0.3) is 0 Å². The van der Waals surface area contributed by atoms with E-state index in [2.05, 4.69) is 63.8 Å². The van der Waals surface area contributed by atoms with E-state index in [9.17, 15) is 0 Å². The maximum Gasteiger partial charge on any atom is 0.141 e. The lowest BCUT2D eigenvalue weighted by Gasteiger charge is -2.04. The van der Waals surface area contributed by atoms with Gasteiger partial charge in [0.05, 0.1) is 5.75 Å². The van der Waals surface area contributed by atoms with Crippen LogP contribution in [0.15, 0.2) is 48.9 Å². The fourth-order valence-corrected chi connectivity index (χ4v) is 3.78. The molecule has 0 spiro atoms. The van der Waals surface area contributed by atoms with Crippen molar-refractivity contribution in [2.24, 2.45) is 0 Å². The third-order valence-electron chi connectivity index (χ3n) is 1.90. The molecule has 0 radical (unpaired) electrons. The zero-order valence-electron chi connectivity index (χ0n) is 8.53. The van der Waals surface area contributed by atoms with Gasteiger partial charge >= 0.3 is 0 Å². The van der Waals surface area contributed by atoms with Crippen molar-refractivity contribution >= 4 is 59.6 Å². The Morgan fingerprint density at radius 1 is 1.00 bits per heavy atom. The third kappa shape index (κ3) is 4.05. The molecule has 2 rings (SSSR count). The number of nitrogens with zero attached hydrogens (tertiary/aromatic N) is 2. The van der Waals surface area contributed by atoms with Crippen molar-refractivity contribution in [2.75, 3.05) is 0 Å². The molecule has 0 amide bonds. The molecule has 0 N–H and O–H groups in total. The summed E-state index contributed by atoms with van der Waals surface area (Å²) in [7, 11) is 0. The van der Waals surface area contributed by atoms with Gasteiger partial charge in [-0.1, -0.05) is 12.1 Å². The van der Waals surface area contributed by atoms with Crippen LogP contribution >= 0.6 is 59.6 Å². The van der Waals surface area contributed by atoms with E-state index in [1.165, 1.54) is 4.90 Å². The van der Waals surface area contributed by atoms with Crippen LogP contribution in [-0.4, -0.2) is 9.97 Å². The van der Waals surface area contributed by atoms with Crippen LogP contribution in [-0.2, 0) is 5.75 Å². The molecule has 0 atom stereocenters. The minimum Gasteiger partial charge on any atom is -0.225 e. The highest BCUT2D eigenvalue weighted by Crippen LogP contribution is 2.29. The van der Waals surface area contributed by atoms with Gasteiger partial charge in [0.25, 0.3) is 0 Å². The molecule has 0 saturated heterocycles. The van der Waals surface area contributed by atoms with E-state index in [-0.39, 0.29) is 0 Å². The molecule has 1 aromatic carbocycles. The fourth-order valence-electron chi connectivity index (χ4n) is 1.20. The first kappa shape index (κ1) is 13.5. The Labute approximate surface area is 129 Å². The van der Waals surface area contributed by atoms with Gasteiger partial charge in [0.2, 0.25) is 0 Å². The van der Waals surface area contributed by atoms with Crippen molar-refractivity contribution in [3.63, 3.8) is 0 Å². The molecule has 1 aromatic heterocycles. The molecule has 88 valence electrons. The Hall–Kier alpha value is 0.0900. The molecule has 0 unspecified atom stereocenters. The van der Waals surface area contributed by atoms with Crippen LogP contribution in [0.1, 0.15) is 5.82 Å². The largest absolute Gasteiger partial charge is 0.225 e. The van der Waals surface area contributed by atoms with E-state index >= 15 is 0 Å². The van der Waals surface area contributed by atoms with Gasteiger partial charge in [0, 0.05) is 15.4 Å². The quantitative estimate of drug-likeness (QED) is 0.495. The van der Waals surface area contributed by atoms with E-state index < -0.39 is 0 Å². The highest BCUT2D eigenvalue weighted by Gasteiger charge is 2.04. The summed E-state index contributed by atoms with van der Waals surface area (Å²) in [6, 6.07) is 9.94. The van der Waals surface area contributed by atoms with Crippen LogP contribution in [0.2, 0.25) is 0 Å². The second-order valence-electron chi connectivity index (χ2n) is 3.15. The number of hydrogen-bond acceptors (Lipinski definition) is 3. The lowest BCUT2D eigenvalue weighted by Crippen LogP contribution is -1.93. The number of benzene rings is 1. The Balaban J connectivity index is 2.10. The van der Waals surface area contributed by atoms with Gasteiger partial charge in [-0.05, 0) is 59.9 Å². The predicted molar refractivity (Wildman–Crippen MR) is 81.1 cm³/mol. The smallest absolute Gasteiger partial charge is 0.141 e. The van der Waals surface area contributed by atoms with Gasteiger partial charge in [-0.2, -0.15) is 0 Å². The summed E-state index contributed by atoms with van der Waals surface area (Å²) in [5.41, 5.74) is 0. The molecule has 1 heterocycles. The van der Waals surface area contributed by atoms with Gasteiger partial charge in [-0.3, -0.25) is 0 Å². The molecule has 0 aliphatic carbocycles. The van der Waals surface area contributed by atoms with E-state index in [1.807, 2.05) is 24.3 Å². The molecular formula is C11H7Br3N2S. The standard InChI is InChI=1S/C11H7Br3N2S/c12-7-3-1-2-4-8(7)17-6-11-15-9(13)5-10(14)16-11/h1-5H,6H2. The SMILES string of the molecule is Brc1cc(Br)nc(CSc2ccccc2Br)n1. The molecule has 6 heteroatoms. The van der Waals surface area contributed by atoms with Crippen molar-refractivity contribution in [3.05, 3.63) is 49.8 Å². The van der Waals surface area contributed by atoms with Crippen molar-refractivity contribution in [3.8, 4) is 0 Å². The van der Waals surface area contributed by atoms with Gasteiger partial charge < -0.3 is 0 Å². The summed E-state index contributed by atoms with van der Waals surface area (Å²) < 4.78 is 2.68. The Kier molecular flexibility index (Phi) is 5.02. The third-order valence-corrected chi connectivity index (χ3v) is 4.74. The lowest BCUT2D eigenvalue weighted by atomic mass is 10.4. The number of hydrogen-bond donors (Lipinski definition) is 0. The topological polar surface area (TPSA) is 25.8 Å². The van der Waals surface area contributed by atoms with E-state index in [0.29, 0.717) is 0 Å². The summed E-state index contributed by atoms with van der Waals surface area (Å²) in [5, 5.41) is 0. The number of rotatable bonds is 3. The maximum absolute atomic E-state index is 4.32.